The summed E-state index contributed by atoms with van der Waals surface area (Å²) in [6, 6.07) is 7.15. The first kappa shape index (κ1) is 22.0. The summed E-state index contributed by atoms with van der Waals surface area (Å²) in [5.41, 5.74) is 0.628. The molecular weight excluding hydrogens is 415 g/mol. The van der Waals surface area contributed by atoms with Gasteiger partial charge in [0.1, 0.15) is 17.5 Å². The first-order valence-electron chi connectivity index (χ1n) is 9.31. The van der Waals surface area contributed by atoms with Gasteiger partial charge in [0.05, 0.1) is 5.56 Å². The van der Waals surface area contributed by atoms with Gasteiger partial charge in [0.15, 0.2) is 6.61 Å². The monoisotopic (exact) mass is 433 g/mol. The third-order valence-corrected chi connectivity index (χ3v) is 4.27. The number of carbonyl (C=O) groups excluding carboxylic acids is 2. The molecule has 31 heavy (non-hydrogen) atoms. The maximum atomic E-state index is 13.6. The van der Waals surface area contributed by atoms with Crippen molar-refractivity contribution in [3.63, 3.8) is 0 Å². The van der Waals surface area contributed by atoms with Crippen molar-refractivity contribution in [1.29, 1.82) is 0 Å². The molecule has 0 aliphatic rings. The lowest BCUT2D eigenvalue weighted by atomic mass is 10.1. The summed E-state index contributed by atoms with van der Waals surface area (Å²) in [5.74, 6) is -3.21. The van der Waals surface area contributed by atoms with Crippen LogP contribution in [0.1, 0.15) is 34.7 Å². The molecule has 0 unspecified atom stereocenters. The SMILES string of the molecule is Cc1ccc(-c2noc(COC(=O)CCCNC(=O)c3ccc(F)cc3F)n2)cc1F. The van der Waals surface area contributed by atoms with Crippen LogP contribution in [0.25, 0.3) is 11.4 Å². The van der Waals surface area contributed by atoms with Gasteiger partial charge in [-0.05, 0) is 37.1 Å². The van der Waals surface area contributed by atoms with E-state index in [1.165, 1.54) is 6.07 Å². The summed E-state index contributed by atoms with van der Waals surface area (Å²) < 4.78 is 50.0. The molecule has 0 spiro atoms. The Bertz CT molecular complexity index is 1100. The van der Waals surface area contributed by atoms with Gasteiger partial charge in [0, 0.05) is 24.6 Å². The third-order valence-electron chi connectivity index (χ3n) is 4.27. The van der Waals surface area contributed by atoms with E-state index >= 15 is 0 Å². The summed E-state index contributed by atoms with van der Waals surface area (Å²) in [4.78, 5) is 27.7. The molecule has 0 saturated carbocycles. The normalized spacial score (nSPS) is 10.7. The fourth-order valence-electron chi connectivity index (χ4n) is 2.58. The van der Waals surface area contributed by atoms with E-state index in [0.717, 1.165) is 12.1 Å². The van der Waals surface area contributed by atoms with Crippen LogP contribution in [0.3, 0.4) is 0 Å². The number of nitrogens with one attached hydrogen (secondary N) is 1. The second-order valence-electron chi connectivity index (χ2n) is 6.62. The number of hydrogen-bond donors (Lipinski definition) is 1. The van der Waals surface area contributed by atoms with Crippen LogP contribution in [-0.4, -0.2) is 28.6 Å². The minimum Gasteiger partial charge on any atom is -0.456 e. The number of halogens is 3. The molecule has 0 saturated heterocycles. The van der Waals surface area contributed by atoms with Crippen LogP contribution in [0.2, 0.25) is 0 Å². The summed E-state index contributed by atoms with van der Waals surface area (Å²) in [6.07, 6.45) is 0.224. The highest BCUT2D eigenvalue weighted by molar-refractivity contribution is 5.94. The summed E-state index contributed by atoms with van der Waals surface area (Å²) >= 11 is 0. The number of hydrogen-bond acceptors (Lipinski definition) is 6. The van der Waals surface area contributed by atoms with Crippen molar-refractivity contribution < 1.29 is 32.0 Å². The molecule has 1 heterocycles. The zero-order valence-corrected chi connectivity index (χ0v) is 16.5. The van der Waals surface area contributed by atoms with Crippen molar-refractivity contribution >= 4 is 11.9 Å². The molecule has 0 bridgehead atoms. The Labute approximate surface area is 175 Å². The highest BCUT2D eigenvalue weighted by Crippen LogP contribution is 2.19. The van der Waals surface area contributed by atoms with E-state index in [2.05, 4.69) is 15.5 Å². The Morgan fingerprint density at radius 1 is 1.10 bits per heavy atom. The molecule has 1 amide bonds. The predicted octanol–water partition coefficient (Wildman–Crippen LogP) is 3.72. The van der Waals surface area contributed by atoms with Gasteiger partial charge in [-0.2, -0.15) is 4.98 Å². The quantitative estimate of drug-likeness (QED) is 0.430. The van der Waals surface area contributed by atoms with E-state index < -0.39 is 29.3 Å². The number of carbonyl (C=O) groups is 2. The number of rotatable bonds is 8. The lowest BCUT2D eigenvalue weighted by Crippen LogP contribution is -2.26. The van der Waals surface area contributed by atoms with Gasteiger partial charge in [-0.3, -0.25) is 9.59 Å². The van der Waals surface area contributed by atoms with Crippen LogP contribution in [0.5, 0.6) is 0 Å². The van der Waals surface area contributed by atoms with Crippen molar-refractivity contribution in [1.82, 2.24) is 15.5 Å². The van der Waals surface area contributed by atoms with Crippen molar-refractivity contribution in [2.45, 2.75) is 26.4 Å². The zero-order chi connectivity index (χ0) is 22.4. The fraction of sp³-hybridized carbons (Fsp3) is 0.238. The molecule has 1 aromatic heterocycles. The molecule has 1 N–H and O–H groups in total. The van der Waals surface area contributed by atoms with Crippen molar-refractivity contribution in [2.75, 3.05) is 6.54 Å². The summed E-state index contributed by atoms with van der Waals surface area (Å²) in [7, 11) is 0. The van der Waals surface area contributed by atoms with Gasteiger partial charge >= 0.3 is 5.97 Å². The molecule has 10 heteroatoms. The molecule has 7 nitrogen and oxygen atoms in total. The van der Waals surface area contributed by atoms with Crippen molar-refractivity contribution in [3.8, 4) is 11.4 Å². The topological polar surface area (TPSA) is 94.3 Å². The second kappa shape index (κ2) is 9.88. The van der Waals surface area contributed by atoms with E-state index in [1.54, 1.807) is 19.1 Å². The first-order valence-corrected chi connectivity index (χ1v) is 9.31. The molecule has 0 radical (unpaired) electrons. The molecule has 3 rings (SSSR count). The lowest BCUT2D eigenvalue weighted by Gasteiger charge is -2.06. The second-order valence-corrected chi connectivity index (χ2v) is 6.62. The maximum Gasteiger partial charge on any atom is 0.306 e. The number of ether oxygens (including phenoxy) is 1. The predicted molar refractivity (Wildman–Crippen MR) is 102 cm³/mol. The summed E-state index contributed by atoms with van der Waals surface area (Å²) in [6.45, 7) is 1.47. The standard InChI is InChI=1S/C21H18F3N3O4/c1-12-4-5-13(9-16(12)23)20-26-18(31-27-20)11-30-19(28)3-2-8-25-21(29)15-7-6-14(22)10-17(15)24/h4-7,9-10H,2-3,8,11H2,1H3,(H,25,29). The van der Waals surface area contributed by atoms with E-state index in [1.807, 2.05) is 0 Å². The average Bonchev–Trinajstić information content (AvgIpc) is 3.20. The number of aryl methyl sites for hydroxylation is 1. The molecular formula is C21H18F3N3O4. The average molecular weight is 433 g/mol. The smallest absolute Gasteiger partial charge is 0.306 e. The minimum atomic E-state index is -0.968. The van der Waals surface area contributed by atoms with E-state index in [9.17, 15) is 22.8 Å². The molecule has 162 valence electrons. The largest absolute Gasteiger partial charge is 0.456 e. The van der Waals surface area contributed by atoms with Crippen molar-refractivity contribution in [3.05, 3.63) is 70.9 Å². The minimum absolute atomic E-state index is 0.0175. The molecule has 0 fully saturated rings. The van der Waals surface area contributed by atoms with E-state index in [-0.39, 0.29) is 43.3 Å². The number of benzene rings is 2. The van der Waals surface area contributed by atoms with Gasteiger partial charge in [0.2, 0.25) is 5.82 Å². The Kier molecular flexibility index (Phi) is 7.01. The first-order chi connectivity index (χ1) is 14.8. The highest BCUT2D eigenvalue weighted by atomic mass is 19.1. The number of esters is 1. The van der Waals surface area contributed by atoms with Crippen molar-refractivity contribution in [2.24, 2.45) is 0 Å². The summed E-state index contributed by atoms with van der Waals surface area (Å²) in [5, 5.41) is 6.16. The number of aromatic nitrogens is 2. The molecule has 0 aliphatic carbocycles. The van der Waals surface area contributed by atoms with E-state index in [4.69, 9.17) is 9.26 Å². The Balaban J connectivity index is 1.40. The lowest BCUT2D eigenvalue weighted by molar-refractivity contribution is -0.145. The Hall–Kier alpha value is -3.69. The van der Waals surface area contributed by atoms with Gasteiger partial charge in [-0.15, -0.1) is 0 Å². The maximum absolute atomic E-state index is 13.6. The van der Waals surface area contributed by atoms with Crippen LogP contribution in [-0.2, 0) is 16.1 Å². The third kappa shape index (κ3) is 5.91. The number of amides is 1. The zero-order valence-electron chi connectivity index (χ0n) is 16.5. The van der Waals surface area contributed by atoms with Crippen LogP contribution in [0, 0.1) is 24.4 Å². The van der Waals surface area contributed by atoms with Crippen LogP contribution in [0.15, 0.2) is 40.9 Å². The van der Waals surface area contributed by atoms with Gasteiger partial charge in [0.25, 0.3) is 11.8 Å². The number of nitrogens with zero attached hydrogens (tertiary/aromatic N) is 2. The molecule has 2 aromatic carbocycles. The van der Waals surface area contributed by atoms with E-state index in [0.29, 0.717) is 17.2 Å². The Morgan fingerprint density at radius 2 is 1.90 bits per heavy atom. The highest BCUT2D eigenvalue weighted by Gasteiger charge is 2.14. The van der Waals surface area contributed by atoms with Crippen LogP contribution < -0.4 is 5.32 Å². The molecule has 3 aromatic rings. The molecule has 0 aliphatic heterocycles. The van der Waals surface area contributed by atoms with Gasteiger partial charge < -0.3 is 14.6 Å². The van der Waals surface area contributed by atoms with Crippen LogP contribution in [0.4, 0.5) is 13.2 Å². The van der Waals surface area contributed by atoms with Crippen LogP contribution >= 0.6 is 0 Å². The fourth-order valence-corrected chi connectivity index (χ4v) is 2.58. The van der Waals surface area contributed by atoms with Gasteiger partial charge in [-0.1, -0.05) is 17.3 Å². The Morgan fingerprint density at radius 3 is 2.65 bits per heavy atom. The van der Waals surface area contributed by atoms with Gasteiger partial charge in [-0.25, -0.2) is 13.2 Å². The molecule has 0 atom stereocenters.